The van der Waals surface area contributed by atoms with Crippen molar-refractivity contribution in [3.63, 3.8) is 0 Å². The Kier molecular flexibility index (Phi) is 6.71. The molecule has 0 bridgehead atoms. The Morgan fingerprint density at radius 2 is 2.08 bits per heavy atom. The van der Waals surface area contributed by atoms with Crippen LogP contribution in [0, 0.1) is 0 Å². The average Bonchev–Trinajstić information content (AvgIpc) is 3.08. The van der Waals surface area contributed by atoms with Crippen LogP contribution in [0.3, 0.4) is 0 Å². The Morgan fingerprint density at radius 3 is 2.71 bits per heavy atom. The molecule has 0 saturated carbocycles. The van der Waals surface area contributed by atoms with Crippen molar-refractivity contribution in [1.82, 2.24) is 0 Å². The summed E-state index contributed by atoms with van der Waals surface area (Å²) in [6.45, 7) is 1.98. The predicted molar refractivity (Wildman–Crippen MR) is 92.9 cm³/mol. The predicted octanol–water partition coefficient (Wildman–Crippen LogP) is 4.68. The van der Waals surface area contributed by atoms with Gasteiger partial charge in [-0.15, -0.1) is 5.73 Å². The van der Waals surface area contributed by atoms with Gasteiger partial charge in [0.05, 0.1) is 17.4 Å². The summed E-state index contributed by atoms with van der Waals surface area (Å²) in [6, 6.07) is 7.96. The van der Waals surface area contributed by atoms with Crippen molar-refractivity contribution in [2.24, 2.45) is 0 Å². The van der Waals surface area contributed by atoms with Crippen molar-refractivity contribution < 1.29 is 19.7 Å². The molecule has 0 aliphatic heterocycles. The topological polar surface area (TPSA) is 73.8 Å². The van der Waals surface area contributed by atoms with Crippen LogP contribution in [0.15, 0.2) is 58.4 Å². The number of halogens is 1. The SMILES string of the molecule is CCC(=C=CC[C@@H](O)c1ccc(O)cc1Cl)C[C@@H](O)c1ccco1. The summed E-state index contributed by atoms with van der Waals surface area (Å²) < 4.78 is 5.19. The van der Waals surface area contributed by atoms with Gasteiger partial charge >= 0.3 is 0 Å². The molecule has 24 heavy (non-hydrogen) atoms. The number of aliphatic hydroxyl groups is 2. The first-order valence-corrected chi connectivity index (χ1v) is 8.20. The van der Waals surface area contributed by atoms with E-state index in [4.69, 9.17) is 16.0 Å². The van der Waals surface area contributed by atoms with E-state index < -0.39 is 12.2 Å². The molecule has 1 heterocycles. The summed E-state index contributed by atoms with van der Waals surface area (Å²) in [5.74, 6) is 0.588. The second-order valence-electron chi connectivity index (χ2n) is 5.50. The van der Waals surface area contributed by atoms with E-state index in [9.17, 15) is 15.3 Å². The fourth-order valence-electron chi connectivity index (χ4n) is 2.35. The maximum absolute atomic E-state index is 10.2. The minimum atomic E-state index is -0.779. The Hall–Kier alpha value is -1.97. The molecule has 0 unspecified atom stereocenters. The highest BCUT2D eigenvalue weighted by Crippen LogP contribution is 2.29. The third kappa shape index (κ3) is 5.02. The number of hydrogen-bond donors (Lipinski definition) is 3. The lowest BCUT2D eigenvalue weighted by atomic mass is 10.0. The molecular formula is C19H21ClO4. The van der Waals surface area contributed by atoms with Gasteiger partial charge in [0.2, 0.25) is 0 Å². The number of furan rings is 1. The van der Waals surface area contributed by atoms with Crippen molar-refractivity contribution in [2.75, 3.05) is 0 Å². The standard InChI is InChI=1S/C19H21ClO4/c1-2-13(11-18(23)19-7-4-10-24-19)5-3-6-17(22)15-9-8-14(21)12-16(15)20/h3-4,7-10,12,17-18,21-23H,2,6,11H2,1H3/t5?,17-,18-/m1/s1. The Balaban J connectivity index is 2.02. The fraction of sp³-hybridized carbons (Fsp3) is 0.316. The number of phenols is 1. The van der Waals surface area contributed by atoms with E-state index in [1.54, 1.807) is 24.3 Å². The lowest BCUT2D eigenvalue weighted by Crippen LogP contribution is -1.98. The first kappa shape index (κ1) is 18.4. The highest BCUT2D eigenvalue weighted by molar-refractivity contribution is 6.31. The van der Waals surface area contributed by atoms with Crippen molar-refractivity contribution in [3.8, 4) is 5.75 Å². The van der Waals surface area contributed by atoms with Crippen molar-refractivity contribution in [3.05, 3.63) is 70.3 Å². The molecule has 0 radical (unpaired) electrons. The van der Waals surface area contributed by atoms with E-state index in [0.29, 0.717) is 29.2 Å². The van der Waals surface area contributed by atoms with Crippen LogP contribution in [0.4, 0.5) is 0 Å². The number of aliphatic hydroxyl groups excluding tert-OH is 2. The molecule has 0 spiro atoms. The van der Waals surface area contributed by atoms with Crippen LogP contribution in [-0.4, -0.2) is 15.3 Å². The fourth-order valence-corrected chi connectivity index (χ4v) is 2.65. The molecule has 1 aromatic heterocycles. The largest absolute Gasteiger partial charge is 0.508 e. The third-order valence-electron chi connectivity index (χ3n) is 3.73. The van der Waals surface area contributed by atoms with E-state index in [1.807, 2.05) is 6.92 Å². The number of benzene rings is 1. The van der Waals surface area contributed by atoms with Crippen LogP contribution in [0.25, 0.3) is 0 Å². The molecule has 5 heteroatoms. The van der Waals surface area contributed by atoms with E-state index in [1.165, 1.54) is 18.4 Å². The minimum Gasteiger partial charge on any atom is -0.508 e. The molecule has 0 fully saturated rings. The smallest absolute Gasteiger partial charge is 0.132 e. The lowest BCUT2D eigenvalue weighted by molar-refractivity contribution is 0.149. The maximum Gasteiger partial charge on any atom is 0.132 e. The highest BCUT2D eigenvalue weighted by atomic mass is 35.5. The first-order valence-electron chi connectivity index (χ1n) is 7.82. The van der Waals surface area contributed by atoms with Gasteiger partial charge in [-0.25, -0.2) is 0 Å². The van der Waals surface area contributed by atoms with E-state index >= 15 is 0 Å². The molecule has 128 valence electrons. The number of aromatic hydroxyl groups is 1. The molecule has 0 amide bonds. The molecule has 4 nitrogen and oxygen atoms in total. The van der Waals surface area contributed by atoms with Gasteiger partial charge in [0.1, 0.15) is 17.6 Å². The molecule has 2 atom stereocenters. The van der Waals surface area contributed by atoms with Crippen LogP contribution in [0.1, 0.15) is 49.7 Å². The Bertz CT molecular complexity index is 715. The van der Waals surface area contributed by atoms with Crippen molar-refractivity contribution >= 4 is 11.6 Å². The maximum atomic E-state index is 10.2. The van der Waals surface area contributed by atoms with Gasteiger partial charge in [-0.05, 0) is 47.9 Å². The normalized spacial score (nSPS) is 13.2. The van der Waals surface area contributed by atoms with Gasteiger partial charge < -0.3 is 19.7 Å². The molecule has 0 saturated heterocycles. The Labute approximate surface area is 146 Å². The summed E-state index contributed by atoms with van der Waals surface area (Å²) >= 11 is 6.02. The molecule has 2 aromatic rings. The van der Waals surface area contributed by atoms with Crippen LogP contribution in [0.2, 0.25) is 5.02 Å². The molecule has 2 rings (SSSR count). The molecule has 1 aromatic carbocycles. The van der Waals surface area contributed by atoms with Crippen LogP contribution < -0.4 is 0 Å². The van der Waals surface area contributed by atoms with Gasteiger partial charge in [0, 0.05) is 12.8 Å². The molecule has 3 N–H and O–H groups in total. The van der Waals surface area contributed by atoms with E-state index in [2.05, 4.69) is 5.73 Å². The summed E-state index contributed by atoms with van der Waals surface area (Å²) in [4.78, 5) is 0. The van der Waals surface area contributed by atoms with Gasteiger partial charge in [0.25, 0.3) is 0 Å². The quantitative estimate of drug-likeness (QED) is 0.635. The van der Waals surface area contributed by atoms with Gasteiger partial charge in [-0.3, -0.25) is 0 Å². The lowest BCUT2D eigenvalue weighted by Gasteiger charge is -2.10. The summed E-state index contributed by atoms with van der Waals surface area (Å²) in [6.07, 6.45) is 3.29. The van der Waals surface area contributed by atoms with Crippen LogP contribution in [-0.2, 0) is 0 Å². The zero-order valence-electron chi connectivity index (χ0n) is 13.4. The minimum absolute atomic E-state index is 0.0616. The summed E-state index contributed by atoms with van der Waals surface area (Å²) in [5.41, 5.74) is 4.62. The summed E-state index contributed by atoms with van der Waals surface area (Å²) in [7, 11) is 0. The van der Waals surface area contributed by atoms with E-state index in [-0.39, 0.29) is 5.75 Å². The van der Waals surface area contributed by atoms with Gasteiger partial charge in [-0.1, -0.05) is 24.6 Å². The van der Waals surface area contributed by atoms with Gasteiger partial charge in [0.15, 0.2) is 0 Å². The Morgan fingerprint density at radius 1 is 1.29 bits per heavy atom. The average molecular weight is 349 g/mol. The van der Waals surface area contributed by atoms with Crippen molar-refractivity contribution in [2.45, 2.75) is 38.4 Å². The number of rotatable bonds is 7. The van der Waals surface area contributed by atoms with Gasteiger partial charge in [-0.2, -0.15) is 0 Å². The third-order valence-corrected chi connectivity index (χ3v) is 4.06. The summed E-state index contributed by atoms with van der Waals surface area (Å²) in [5, 5.41) is 30.0. The first-order chi connectivity index (χ1) is 11.5. The van der Waals surface area contributed by atoms with Crippen molar-refractivity contribution in [1.29, 1.82) is 0 Å². The second kappa shape index (κ2) is 8.76. The monoisotopic (exact) mass is 348 g/mol. The number of hydrogen-bond acceptors (Lipinski definition) is 4. The zero-order valence-corrected chi connectivity index (χ0v) is 14.2. The molecular weight excluding hydrogens is 328 g/mol. The van der Waals surface area contributed by atoms with Crippen LogP contribution >= 0.6 is 11.6 Å². The molecule has 0 aliphatic carbocycles. The highest BCUT2D eigenvalue weighted by Gasteiger charge is 2.12. The zero-order chi connectivity index (χ0) is 17.5. The number of phenolic OH excluding ortho intramolecular Hbond substituents is 1. The molecule has 0 aliphatic rings. The van der Waals surface area contributed by atoms with Crippen LogP contribution in [0.5, 0.6) is 5.75 Å². The van der Waals surface area contributed by atoms with E-state index in [0.717, 1.165) is 12.0 Å². The second-order valence-corrected chi connectivity index (χ2v) is 5.91.